The first-order chi connectivity index (χ1) is 14.1. The fourth-order valence-corrected chi connectivity index (χ4v) is 4.88. The molecule has 0 radical (unpaired) electrons. The number of thioether (sulfide) groups is 1. The zero-order chi connectivity index (χ0) is 20.4. The van der Waals surface area contributed by atoms with Crippen LogP contribution in [0.3, 0.4) is 0 Å². The molecule has 6 heteroatoms. The highest BCUT2D eigenvalue weighted by Crippen LogP contribution is 2.25. The second-order valence-corrected chi connectivity index (χ2v) is 9.03. The van der Waals surface area contributed by atoms with E-state index in [0.717, 1.165) is 37.9 Å². The van der Waals surface area contributed by atoms with Crippen LogP contribution >= 0.6 is 11.8 Å². The highest BCUT2D eigenvalue weighted by molar-refractivity contribution is 7.98. The number of nitrogens with one attached hydrogen (secondary N) is 1. The van der Waals surface area contributed by atoms with E-state index in [2.05, 4.69) is 29.8 Å². The Morgan fingerprint density at radius 1 is 1.28 bits per heavy atom. The van der Waals surface area contributed by atoms with E-state index in [4.69, 9.17) is 0 Å². The maximum atomic E-state index is 13.3. The van der Waals surface area contributed by atoms with Crippen LogP contribution in [-0.2, 0) is 19.5 Å². The number of amides is 1. The molecule has 1 aromatic carbocycles. The van der Waals surface area contributed by atoms with Crippen molar-refractivity contribution in [1.29, 1.82) is 0 Å². The number of hydrogen-bond donors (Lipinski definition) is 1. The minimum atomic E-state index is -0.149. The van der Waals surface area contributed by atoms with Gasteiger partial charge in [-0.25, -0.2) is 0 Å². The van der Waals surface area contributed by atoms with E-state index in [-0.39, 0.29) is 11.5 Å². The van der Waals surface area contributed by atoms with Crippen LogP contribution in [0.5, 0.6) is 0 Å². The maximum absolute atomic E-state index is 13.3. The van der Waals surface area contributed by atoms with Crippen LogP contribution in [0.4, 0.5) is 0 Å². The lowest BCUT2D eigenvalue weighted by atomic mass is 9.98. The van der Waals surface area contributed by atoms with Gasteiger partial charge in [0.25, 0.3) is 11.5 Å². The molecule has 2 aliphatic rings. The van der Waals surface area contributed by atoms with Crippen LogP contribution in [-0.4, -0.2) is 41.3 Å². The molecule has 1 amide bonds. The molecule has 0 saturated carbocycles. The third-order valence-corrected chi connectivity index (χ3v) is 6.88. The smallest absolute Gasteiger partial charge is 0.263 e. The number of hydrogen-bond acceptors (Lipinski definition) is 4. The number of benzene rings is 1. The number of aryl methyl sites for hydroxylation is 1. The van der Waals surface area contributed by atoms with Crippen molar-refractivity contribution < 1.29 is 4.79 Å². The normalized spacial score (nSPS) is 19.1. The third kappa shape index (κ3) is 4.28. The first-order valence-electron chi connectivity index (χ1n) is 10.4. The largest absolute Gasteiger partial charge is 0.334 e. The zero-order valence-electron chi connectivity index (χ0n) is 17.2. The minimum Gasteiger partial charge on any atom is -0.334 e. The Morgan fingerprint density at radius 2 is 2.14 bits per heavy atom. The average molecular weight is 412 g/mol. The average Bonchev–Trinajstić information content (AvgIpc) is 2.75. The number of piperidine rings is 1. The van der Waals surface area contributed by atoms with Gasteiger partial charge in [-0.05, 0) is 86.3 Å². The molecule has 3 heterocycles. The predicted molar refractivity (Wildman–Crippen MR) is 118 cm³/mol. The summed E-state index contributed by atoms with van der Waals surface area (Å²) in [7, 11) is 0. The van der Waals surface area contributed by atoms with Crippen molar-refractivity contribution in [3.63, 3.8) is 0 Å². The Labute approximate surface area is 176 Å². The van der Waals surface area contributed by atoms with Crippen LogP contribution in [0.25, 0.3) is 0 Å². The number of pyridine rings is 1. The summed E-state index contributed by atoms with van der Waals surface area (Å²) < 4.78 is 1.74. The van der Waals surface area contributed by atoms with Gasteiger partial charge in [-0.3, -0.25) is 9.59 Å². The zero-order valence-corrected chi connectivity index (χ0v) is 18.1. The number of rotatable bonds is 4. The van der Waals surface area contributed by atoms with Gasteiger partial charge in [-0.1, -0.05) is 6.07 Å². The third-order valence-electron chi connectivity index (χ3n) is 6.15. The molecule has 0 bridgehead atoms. The number of carbonyl (C=O) groups excluding carboxylic acids is 1. The van der Waals surface area contributed by atoms with Crippen molar-refractivity contribution in [3.05, 3.63) is 63.1 Å². The quantitative estimate of drug-likeness (QED) is 0.786. The topological polar surface area (TPSA) is 54.3 Å². The van der Waals surface area contributed by atoms with Crippen LogP contribution in [0.15, 0.2) is 40.2 Å². The van der Waals surface area contributed by atoms with Gasteiger partial charge >= 0.3 is 0 Å². The SMILES string of the molecule is CSc1ccc2c(c1)CCN(C(=O)c1c(C)ccn(CC3CCCNC3)c1=O)C2. The lowest BCUT2D eigenvalue weighted by Crippen LogP contribution is -2.41. The number of fused-ring (bicyclic) bond motifs is 1. The van der Waals surface area contributed by atoms with Crippen molar-refractivity contribution in [2.45, 2.75) is 44.2 Å². The Balaban J connectivity index is 1.56. The lowest BCUT2D eigenvalue weighted by Gasteiger charge is -2.30. The number of nitrogens with zero attached hydrogens (tertiary/aromatic N) is 2. The van der Waals surface area contributed by atoms with E-state index in [1.165, 1.54) is 16.0 Å². The van der Waals surface area contributed by atoms with Crippen molar-refractivity contribution in [2.24, 2.45) is 5.92 Å². The van der Waals surface area contributed by atoms with Crippen LogP contribution in [0.1, 0.15) is 39.9 Å². The highest BCUT2D eigenvalue weighted by Gasteiger charge is 2.26. The van der Waals surface area contributed by atoms with Gasteiger partial charge in [0.15, 0.2) is 0 Å². The van der Waals surface area contributed by atoms with Crippen LogP contribution in [0, 0.1) is 12.8 Å². The molecule has 1 atom stereocenters. The molecule has 1 N–H and O–H groups in total. The van der Waals surface area contributed by atoms with E-state index < -0.39 is 0 Å². The molecule has 2 aromatic rings. The van der Waals surface area contributed by atoms with Crippen molar-refractivity contribution in [2.75, 3.05) is 25.9 Å². The van der Waals surface area contributed by atoms with Gasteiger partial charge in [0.1, 0.15) is 5.56 Å². The van der Waals surface area contributed by atoms with Crippen molar-refractivity contribution in [3.8, 4) is 0 Å². The van der Waals surface area contributed by atoms with Gasteiger partial charge in [0.05, 0.1) is 0 Å². The van der Waals surface area contributed by atoms with Crippen LogP contribution in [0.2, 0.25) is 0 Å². The summed E-state index contributed by atoms with van der Waals surface area (Å²) in [4.78, 5) is 29.6. The van der Waals surface area contributed by atoms with Gasteiger partial charge in [0, 0.05) is 30.7 Å². The second-order valence-electron chi connectivity index (χ2n) is 8.15. The Kier molecular flexibility index (Phi) is 6.11. The maximum Gasteiger partial charge on any atom is 0.263 e. The summed E-state index contributed by atoms with van der Waals surface area (Å²) in [5.74, 6) is 0.308. The summed E-state index contributed by atoms with van der Waals surface area (Å²) >= 11 is 1.74. The lowest BCUT2D eigenvalue weighted by molar-refractivity contribution is 0.0731. The van der Waals surface area contributed by atoms with E-state index in [9.17, 15) is 9.59 Å². The Bertz CT molecular complexity index is 963. The summed E-state index contributed by atoms with van der Waals surface area (Å²) in [5.41, 5.74) is 3.45. The van der Waals surface area contributed by atoms with Gasteiger partial charge in [-0.2, -0.15) is 0 Å². The Hall–Kier alpha value is -2.05. The molecule has 154 valence electrons. The summed E-state index contributed by atoms with van der Waals surface area (Å²) in [6, 6.07) is 8.36. The first kappa shape index (κ1) is 20.2. The molecule has 4 rings (SSSR count). The summed E-state index contributed by atoms with van der Waals surface area (Å²) in [6.45, 7) is 5.76. The van der Waals surface area contributed by atoms with Crippen molar-refractivity contribution in [1.82, 2.24) is 14.8 Å². The van der Waals surface area contributed by atoms with E-state index in [0.29, 0.717) is 31.1 Å². The number of aromatic nitrogens is 1. The van der Waals surface area contributed by atoms with Gasteiger partial charge < -0.3 is 14.8 Å². The fraction of sp³-hybridized carbons (Fsp3) is 0.478. The molecule has 2 aliphatic heterocycles. The van der Waals surface area contributed by atoms with Crippen LogP contribution < -0.4 is 10.9 Å². The predicted octanol–water partition coefficient (Wildman–Crippen LogP) is 3.08. The van der Waals surface area contributed by atoms with E-state index in [1.54, 1.807) is 16.3 Å². The Morgan fingerprint density at radius 3 is 2.90 bits per heavy atom. The van der Waals surface area contributed by atoms with Gasteiger partial charge in [-0.15, -0.1) is 11.8 Å². The fourth-order valence-electron chi connectivity index (χ4n) is 4.41. The molecular weight excluding hydrogens is 382 g/mol. The molecule has 5 nitrogen and oxygen atoms in total. The van der Waals surface area contributed by atoms with Crippen molar-refractivity contribution >= 4 is 17.7 Å². The highest BCUT2D eigenvalue weighted by atomic mass is 32.2. The first-order valence-corrected chi connectivity index (χ1v) is 11.6. The summed E-state index contributed by atoms with van der Waals surface area (Å²) in [6.07, 6.45) is 7.02. The minimum absolute atomic E-state index is 0.136. The molecular formula is C23H29N3O2S. The standard InChI is InChI=1S/C23H29N3O2S/c1-16-7-10-25(14-17-4-3-9-24-13-17)22(27)21(16)23(28)26-11-8-18-12-20(29-2)6-5-19(18)15-26/h5-7,10,12,17,24H,3-4,8-9,11,13-15H2,1-2H3. The second kappa shape index (κ2) is 8.76. The molecule has 1 fully saturated rings. The molecule has 1 aromatic heterocycles. The molecule has 1 saturated heterocycles. The molecule has 29 heavy (non-hydrogen) atoms. The van der Waals surface area contributed by atoms with E-state index >= 15 is 0 Å². The van der Waals surface area contributed by atoms with Gasteiger partial charge in [0.2, 0.25) is 0 Å². The molecule has 1 unspecified atom stereocenters. The molecule has 0 aliphatic carbocycles. The molecule has 0 spiro atoms. The summed E-state index contributed by atoms with van der Waals surface area (Å²) in [5, 5.41) is 3.40. The number of carbonyl (C=O) groups is 1. The van der Waals surface area contributed by atoms with E-state index in [1.807, 2.05) is 24.1 Å². The monoisotopic (exact) mass is 411 g/mol.